The van der Waals surface area contributed by atoms with Gasteiger partial charge in [-0.15, -0.1) is 0 Å². The Bertz CT molecular complexity index is 1230. The van der Waals surface area contributed by atoms with Crippen molar-refractivity contribution in [1.29, 1.82) is 0 Å². The van der Waals surface area contributed by atoms with Crippen molar-refractivity contribution in [3.05, 3.63) is 42.0 Å². The molecule has 2 aromatic carbocycles. The van der Waals surface area contributed by atoms with Crippen LogP contribution in [0.25, 0.3) is 10.9 Å². The molecule has 9 heteroatoms. The van der Waals surface area contributed by atoms with E-state index in [9.17, 15) is 4.79 Å². The molecule has 2 atom stereocenters. The lowest BCUT2D eigenvalue weighted by atomic mass is 10.1. The van der Waals surface area contributed by atoms with Gasteiger partial charge >= 0.3 is 0 Å². The molecular weight excluding hydrogens is 434 g/mol. The van der Waals surface area contributed by atoms with Crippen LogP contribution >= 0.6 is 0 Å². The minimum absolute atomic E-state index is 0.0497. The number of carbonyl (C=O) groups excluding carboxylic acids is 1. The third kappa shape index (κ3) is 4.02. The molecule has 9 nitrogen and oxygen atoms in total. The summed E-state index contributed by atoms with van der Waals surface area (Å²) < 4.78 is 16.1. The molecule has 2 heterocycles. The summed E-state index contributed by atoms with van der Waals surface area (Å²) in [6.07, 6.45) is 0.891. The Hall–Kier alpha value is -3.75. The van der Waals surface area contributed by atoms with Gasteiger partial charge in [-0.25, -0.2) is 4.98 Å². The minimum atomic E-state index is 0.0497. The van der Waals surface area contributed by atoms with Gasteiger partial charge in [-0.1, -0.05) is 12.1 Å². The molecule has 0 spiro atoms. The highest BCUT2D eigenvalue weighted by Crippen LogP contribution is 2.49. The number of amides is 1. The number of fused-ring (bicyclic) bond motifs is 1. The standard InChI is InChI=1S/C25H29N5O4/c1-32-16-6-4-5-15(11-16)17-12-18(17)24(31)29-7-9-30(10-8-29)25-27-20-14-22(34-3)21(33-2)13-19(20)23(26)28-25/h4-6,11,13-14,17-18H,7-10,12H2,1-3H3,(H2,26,27,28). The highest BCUT2D eigenvalue weighted by atomic mass is 16.5. The van der Waals surface area contributed by atoms with Crippen LogP contribution in [0.15, 0.2) is 36.4 Å². The highest BCUT2D eigenvalue weighted by molar-refractivity contribution is 5.91. The number of aromatic nitrogens is 2. The Kier molecular flexibility index (Phi) is 5.77. The summed E-state index contributed by atoms with van der Waals surface area (Å²) in [5.41, 5.74) is 8.11. The van der Waals surface area contributed by atoms with Gasteiger partial charge < -0.3 is 29.7 Å². The van der Waals surface area contributed by atoms with Gasteiger partial charge in [-0.05, 0) is 36.1 Å². The number of hydrogen-bond donors (Lipinski definition) is 1. The molecule has 1 amide bonds. The second-order valence-electron chi connectivity index (χ2n) is 8.67. The third-order valence-corrected chi connectivity index (χ3v) is 6.72. The van der Waals surface area contributed by atoms with Crippen molar-refractivity contribution < 1.29 is 19.0 Å². The van der Waals surface area contributed by atoms with Crippen LogP contribution in [0.5, 0.6) is 17.2 Å². The normalized spacial score (nSPS) is 19.7. The molecule has 3 aromatic rings. The van der Waals surface area contributed by atoms with Crippen molar-refractivity contribution in [3.8, 4) is 17.2 Å². The van der Waals surface area contributed by atoms with Crippen LogP contribution in [0.4, 0.5) is 11.8 Å². The fourth-order valence-electron chi connectivity index (χ4n) is 4.68. The number of nitrogens with two attached hydrogens (primary N) is 1. The second-order valence-corrected chi connectivity index (χ2v) is 8.67. The molecule has 2 fully saturated rings. The number of nitrogen functional groups attached to an aromatic ring is 1. The smallest absolute Gasteiger partial charge is 0.228 e. The molecule has 0 bridgehead atoms. The first-order chi connectivity index (χ1) is 16.5. The molecule has 2 N–H and O–H groups in total. The van der Waals surface area contributed by atoms with Gasteiger partial charge in [-0.2, -0.15) is 4.98 Å². The predicted molar refractivity (Wildman–Crippen MR) is 130 cm³/mol. The van der Waals surface area contributed by atoms with Gasteiger partial charge in [0.25, 0.3) is 0 Å². The number of benzene rings is 2. The average molecular weight is 464 g/mol. The maximum atomic E-state index is 13.1. The van der Waals surface area contributed by atoms with E-state index >= 15 is 0 Å². The van der Waals surface area contributed by atoms with Crippen molar-refractivity contribution in [1.82, 2.24) is 14.9 Å². The highest BCUT2D eigenvalue weighted by Gasteiger charge is 2.46. The van der Waals surface area contributed by atoms with Gasteiger partial charge in [-0.3, -0.25) is 4.79 Å². The third-order valence-electron chi connectivity index (χ3n) is 6.72. The van der Waals surface area contributed by atoms with E-state index < -0.39 is 0 Å². The fourth-order valence-corrected chi connectivity index (χ4v) is 4.68. The molecule has 178 valence electrons. The zero-order valence-electron chi connectivity index (χ0n) is 19.7. The molecule has 2 aliphatic rings. The fraction of sp³-hybridized carbons (Fsp3) is 0.400. The Labute approximate surface area is 198 Å². The number of nitrogens with zero attached hydrogens (tertiary/aromatic N) is 4. The SMILES string of the molecule is COc1cccc(C2CC2C(=O)N2CCN(c3nc(N)c4cc(OC)c(OC)cc4n3)CC2)c1. The van der Waals surface area contributed by atoms with Crippen molar-refractivity contribution in [2.24, 2.45) is 5.92 Å². The van der Waals surface area contributed by atoms with Crippen LogP contribution in [-0.4, -0.2) is 68.3 Å². The van der Waals surface area contributed by atoms with Gasteiger partial charge in [0, 0.05) is 43.5 Å². The van der Waals surface area contributed by atoms with Crippen molar-refractivity contribution in [2.75, 3.05) is 58.1 Å². The van der Waals surface area contributed by atoms with Gasteiger partial charge in [0.15, 0.2) is 11.5 Å². The van der Waals surface area contributed by atoms with E-state index in [1.807, 2.05) is 23.1 Å². The van der Waals surface area contributed by atoms with E-state index in [0.29, 0.717) is 60.3 Å². The van der Waals surface area contributed by atoms with Gasteiger partial charge in [0.2, 0.25) is 11.9 Å². The summed E-state index contributed by atoms with van der Waals surface area (Å²) in [6.45, 7) is 2.57. The molecule has 1 aromatic heterocycles. The topological polar surface area (TPSA) is 103 Å². The number of rotatable bonds is 6. The monoisotopic (exact) mass is 463 g/mol. The molecule has 5 rings (SSSR count). The van der Waals surface area contributed by atoms with Crippen LogP contribution in [0.2, 0.25) is 0 Å². The quantitative estimate of drug-likeness (QED) is 0.595. The number of anilines is 2. The maximum absolute atomic E-state index is 13.1. The molecule has 1 aliphatic heterocycles. The number of piperazine rings is 1. The molecule has 1 saturated heterocycles. The molecule has 1 aliphatic carbocycles. The predicted octanol–water partition coefficient (Wildman–Crippen LogP) is 2.69. The molecule has 1 saturated carbocycles. The average Bonchev–Trinajstić information content (AvgIpc) is 3.68. The van der Waals surface area contributed by atoms with Crippen molar-refractivity contribution in [2.45, 2.75) is 12.3 Å². The molecule has 2 unspecified atom stereocenters. The van der Waals surface area contributed by atoms with Crippen LogP contribution in [0, 0.1) is 5.92 Å². The summed E-state index contributed by atoms with van der Waals surface area (Å²) in [6, 6.07) is 11.6. The Morgan fingerprint density at radius 3 is 2.41 bits per heavy atom. The largest absolute Gasteiger partial charge is 0.497 e. The Morgan fingerprint density at radius 1 is 0.971 bits per heavy atom. The zero-order valence-corrected chi connectivity index (χ0v) is 19.7. The lowest BCUT2D eigenvalue weighted by Gasteiger charge is -2.35. The van der Waals surface area contributed by atoms with Gasteiger partial charge in [0.1, 0.15) is 11.6 Å². The van der Waals surface area contributed by atoms with Crippen LogP contribution in [0.1, 0.15) is 17.9 Å². The first-order valence-corrected chi connectivity index (χ1v) is 11.4. The molecule has 0 radical (unpaired) electrons. The van der Waals surface area contributed by atoms with E-state index in [-0.39, 0.29) is 17.7 Å². The Morgan fingerprint density at radius 2 is 1.71 bits per heavy atom. The van der Waals surface area contributed by atoms with E-state index in [4.69, 9.17) is 24.9 Å². The number of hydrogen-bond acceptors (Lipinski definition) is 8. The van der Waals surface area contributed by atoms with E-state index in [1.165, 1.54) is 5.56 Å². The lowest BCUT2D eigenvalue weighted by molar-refractivity contribution is -0.133. The van der Waals surface area contributed by atoms with E-state index in [1.54, 1.807) is 33.5 Å². The maximum Gasteiger partial charge on any atom is 0.228 e. The van der Waals surface area contributed by atoms with Crippen molar-refractivity contribution in [3.63, 3.8) is 0 Å². The summed E-state index contributed by atoms with van der Waals surface area (Å²) in [5, 5.41) is 0.715. The summed E-state index contributed by atoms with van der Waals surface area (Å²) >= 11 is 0. The van der Waals surface area contributed by atoms with Crippen LogP contribution < -0.4 is 24.8 Å². The number of carbonyl (C=O) groups is 1. The minimum Gasteiger partial charge on any atom is -0.497 e. The van der Waals surface area contributed by atoms with E-state index in [2.05, 4.69) is 16.0 Å². The van der Waals surface area contributed by atoms with Crippen LogP contribution in [0.3, 0.4) is 0 Å². The number of methoxy groups -OCH3 is 3. The Balaban J connectivity index is 1.26. The molecule has 34 heavy (non-hydrogen) atoms. The lowest BCUT2D eigenvalue weighted by Crippen LogP contribution is -2.49. The zero-order chi connectivity index (χ0) is 23.8. The first-order valence-electron chi connectivity index (χ1n) is 11.4. The van der Waals surface area contributed by atoms with Gasteiger partial charge in [0.05, 0.1) is 26.8 Å². The summed E-state index contributed by atoms with van der Waals surface area (Å²) in [4.78, 5) is 26.4. The van der Waals surface area contributed by atoms with Crippen molar-refractivity contribution >= 4 is 28.6 Å². The van der Waals surface area contributed by atoms with Crippen LogP contribution in [-0.2, 0) is 4.79 Å². The first kappa shape index (κ1) is 22.1. The second kappa shape index (κ2) is 8.89. The van der Waals surface area contributed by atoms with E-state index in [0.717, 1.165) is 12.2 Å². The number of ether oxygens (including phenoxy) is 3. The summed E-state index contributed by atoms with van der Waals surface area (Å²) in [7, 11) is 4.83. The molecular formula is C25H29N5O4. The summed E-state index contributed by atoms with van der Waals surface area (Å²) in [5.74, 6) is 3.49.